The number of hydrogen-bond donors (Lipinski definition) is 0. The molecule has 27 heavy (non-hydrogen) atoms. The number of hydrogen-bond acceptors (Lipinski definition) is 3. The standard InChI is InChI=1S/C23H24FNO2/c1-17(15-23(25-26-2)20-9-11-22(24)12-10-20)27-14-13-18-7-8-19-5-3-4-6-21(19)16-18/h3-12,16-17H,13-15H2,1-2H3/b25-23+. The van der Waals surface area contributed by atoms with Crippen LogP contribution < -0.4 is 0 Å². The van der Waals surface area contributed by atoms with E-state index in [1.54, 1.807) is 12.1 Å². The number of ether oxygens (including phenoxy) is 1. The molecule has 0 spiro atoms. The van der Waals surface area contributed by atoms with E-state index in [0.717, 1.165) is 17.7 Å². The third-order valence-corrected chi connectivity index (χ3v) is 4.47. The lowest BCUT2D eigenvalue weighted by atomic mass is 10.0. The molecule has 1 atom stereocenters. The zero-order valence-electron chi connectivity index (χ0n) is 15.7. The van der Waals surface area contributed by atoms with E-state index in [0.29, 0.717) is 13.0 Å². The van der Waals surface area contributed by atoms with Gasteiger partial charge < -0.3 is 9.57 Å². The van der Waals surface area contributed by atoms with Gasteiger partial charge in [-0.25, -0.2) is 4.39 Å². The van der Waals surface area contributed by atoms with Crippen molar-refractivity contribution in [1.82, 2.24) is 0 Å². The van der Waals surface area contributed by atoms with Gasteiger partial charge in [0.05, 0.1) is 18.4 Å². The van der Waals surface area contributed by atoms with E-state index in [1.807, 2.05) is 13.0 Å². The van der Waals surface area contributed by atoms with Crippen molar-refractivity contribution in [2.24, 2.45) is 5.16 Å². The fourth-order valence-corrected chi connectivity index (χ4v) is 3.06. The maximum Gasteiger partial charge on any atom is 0.123 e. The van der Waals surface area contributed by atoms with Gasteiger partial charge in [-0.1, -0.05) is 59.8 Å². The second kappa shape index (κ2) is 9.28. The van der Waals surface area contributed by atoms with Gasteiger partial charge in [-0.2, -0.15) is 0 Å². The minimum atomic E-state index is -0.268. The summed E-state index contributed by atoms with van der Waals surface area (Å²) < 4.78 is 19.1. The Morgan fingerprint density at radius 3 is 2.48 bits per heavy atom. The van der Waals surface area contributed by atoms with E-state index < -0.39 is 0 Å². The zero-order chi connectivity index (χ0) is 19.1. The highest BCUT2D eigenvalue weighted by Crippen LogP contribution is 2.16. The number of fused-ring (bicyclic) bond motifs is 1. The van der Waals surface area contributed by atoms with Crippen LogP contribution in [0.4, 0.5) is 4.39 Å². The molecular formula is C23H24FNO2. The summed E-state index contributed by atoms with van der Waals surface area (Å²) in [4.78, 5) is 4.94. The largest absolute Gasteiger partial charge is 0.399 e. The van der Waals surface area contributed by atoms with Crippen molar-refractivity contribution < 1.29 is 14.0 Å². The molecule has 0 aliphatic carbocycles. The summed E-state index contributed by atoms with van der Waals surface area (Å²) in [5.74, 6) is -0.268. The fraction of sp³-hybridized carbons (Fsp3) is 0.261. The summed E-state index contributed by atoms with van der Waals surface area (Å²) in [5, 5.41) is 6.57. The Morgan fingerprint density at radius 1 is 1.00 bits per heavy atom. The number of benzene rings is 3. The van der Waals surface area contributed by atoms with Gasteiger partial charge in [0.25, 0.3) is 0 Å². The molecule has 0 saturated carbocycles. The second-order valence-electron chi connectivity index (χ2n) is 6.54. The van der Waals surface area contributed by atoms with Crippen LogP contribution in [0.25, 0.3) is 10.8 Å². The minimum Gasteiger partial charge on any atom is -0.399 e. The molecule has 3 aromatic rings. The molecular weight excluding hydrogens is 341 g/mol. The molecule has 3 nitrogen and oxygen atoms in total. The molecule has 0 aromatic heterocycles. The van der Waals surface area contributed by atoms with E-state index >= 15 is 0 Å². The highest BCUT2D eigenvalue weighted by Gasteiger charge is 2.11. The van der Waals surface area contributed by atoms with E-state index in [4.69, 9.17) is 9.57 Å². The van der Waals surface area contributed by atoms with Crippen LogP contribution in [-0.4, -0.2) is 25.5 Å². The van der Waals surface area contributed by atoms with Gasteiger partial charge in [0.15, 0.2) is 0 Å². The van der Waals surface area contributed by atoms with Crippen LogP contribution >= 0.6 is 0 Å². The molecule has 0 fully saturated rings. The van der Waals surface area contributed by atoms with Crippen LogP contribution in [0, 0.1) is 5.82 Å². The minimum absolute atomic E-state index is 0.0237. The summed E-state index contributed by atoms with van der Waals surface area (Å²) in [5.41, 5.74) is 2.84. The molecule has 0 heterocycles. The predicted molar refractivity (Wildman–Crippen MR) is 108 cm³/mol. The first-order valence-electron chi connectivity index (χ1n) is 9.11. The van der Waals surface area contributed by atoms with Crippen molar-refractivity contribution in [2.45, 2.75) is 25.9 Å². The lowest BCUT2D eigenvalue weighted by Gasteiger charge is -2.15. The zero-order valence-corrected chi connectivity index (χ0v) is 15.7. The number of halogens is 1. The summed E-state index contributed by atoms with van der Waals surface area (Å²) in [6.45, 7) is 2.64. The van der Waals surface area contributed by atoms with Gasteiger partial charge in [-0.3, -0.25) is 0 Å². The van der Waals surface area contributed by atoms with Crippen LogP contribution in [0.15, 0.2) is 71.9 Å². The van der Waals surface area contributed by atoms with Crippen molar-refractivity contribution in [2.75, 3.05) is 13.7 Å². The Hall–Kier alpha value is -2.72. The Labute approximate surface area is 159 Å². The van der Waals surface area contributed by atoms with Gasteiger partial charge in [-0.05, 0) is 47.4 Å². The SMILES string of the molecule is CO/N=C(\CC(C)OCCc1ccc2ccccc2c1)c1ccc(F)cc1. The van der Waals surface area contributed by atoms with Gasteiger partial charge >= 0.3 is 0 Å². The summed E-state index contributed by atoms with van der Waals surface area (Å²) in [7, 11) is 1.51. The second-order valence-corrected chi connectivity index (χ2v) is 6.54. The molecule has 0 N–H and O–H groups in total. The van der Waals surface area contributed by atoms with E-state index in [1.165, 1.54) is 35.6 Å². The van der Waals surface area contributed by atoms with Gasteiger partial charge in [0.1, 0.15) is 12.9 Å². The monoisotopic (exact) mass is 365 g/mol. The van der Waals surface area contributed by atoms with Crippen molar-refractivity contribution in [1.29, 1.82) is 0 Å². The van der Waals surface area contributed by atoms with Crippen molar-refractivity contribution >= 4 is 16.5 Å². The lowest BCUT2D eigenvalue weighted by molar-refractivity contribution is 0.0727. The first-order chi connectivity index (χ1) is 13.2. The Morgan fingerprint density at radius 2 is 1.74 bits per heavy atom. The molecule has 0 radical (unpaired) electrons. The Kier molecular flexibility index (Phi) is 6.55. The van der Waals surface area contributed by atoms with E-state index in [-0.39, 0.29) is 11.9 Å². The molecule has 0 bridgehead atoms. The molecule has 0 aliphatic heterocycles. The van der Waals surface area contributed by atoms with Gasteiger partial charge in [0.2, 0.25) is 0 Å². The first kappa shape index (κ1) is 19.1. The maximum atomic E-state index is 13.1. The van der Waals surface area contributed by atoms with Crippen LogP contribution in [0.3, 0.4) is 0 Å². The highest BCUT2D eigenvalue weighted by atomic mass is 19.1. The fourth-order valence-electron chi connectivity index (χ4n) is 3.06. The third kappa shape index (κ3) is 5.38. The summed E-state index contributed by atoms with van der Waals surface area (Å²) in [6, 6.07) is 21.1. The molecule has 3 rings (SSSR count). The van der Waals surface area contributed by atoms with Gasteiger partial charge in [0, 0.05) is 6.42 Å². The lowest BCUT2D eigenvalue weighted by Crippen LogP contribution is -2.17. The topological polar surface area (TPSA) is 30.8 Å². The Balaban J connectivity index is 1.55. The average Bonchev–Trinajstić information content (AvgIpc) is 2.68. The number of oxime groups is 1. The molecule has 140 valence electrons. The average molecular weight is 365 g/mol. The van der Waals surface area contributed by atoms with Crippen LogP contribution in [0.5, 0.6) is 0 Å². The predicted octanol–water partition coefficient (Wildman–Crippen LogP) is 5.37. The summed E-state index contributed by atoms with van der Waals surface area (Å²) in [6.07, 6.45) is 1.42. The van der Waals surface area contributed by atoms with Crippen molar-refractivity contribution in [3.05, 3.63) is 83.7 Å². The Bertz CT molecular complexity index is 906. The molecule has 3 aromatic carbocycles. The normalized spacial score (nSPS) is 12.9. The molecule has 0 aliphatic rings. The van der Waals surface area contributed by atoms with Gasteiger partial charge in [-0.15, -0.1) is 0 Å². The van der Waals surface area contributed by atoms with Crippen LogP contribution in [-0.2, 0) is 16.0 Å². The molecule has 1 unspecified atom stereocenters. The number of rotatable bonds is 8. The summed E-state index contributed by atoms with van der Waals surface area (Å²) >= 11 is 0. The first-order valence-corrected chi connectivity index (χ1v) is 9.11. The van der Waals surface area contributed by atoms with Crippen molar-refractivity contribution in [3.8, 4) is 0 Å². The number of nitrogens with zero attached hydrogens (tertiary/aromatic N) is 1. The molecule has 0 amide bonds. The van der Waals surface area contributed by atoms with Crippen LogP contribution in [0.2, 0.25) is 0 Å². The maximum absolute atomic E-state index is 13.1. The van der Waals surface area contributed by atoms with Crippen LogP contribution in [0.1, 0.15) is 24.5 Å². The quantitative estimate of drug-likeness (QED) is 0.397. The highest BCUT2D eigenvalue weighted by molar-refractivity contribution is 6.00. The molecule has 4 heteroatoms. The molecule has 0 saturated heterocycles. The third-order valence-electron chi connectivity index (χ3n) is 4.47. The van der Waals surface area contributed by atoms with Crippen molar-refractivity contribution in [3.63, 3.8) is 0 Å². The van der Waals surface area contributed by atoms with E-state index in [2.05, 4.69) is 41.6 Å². The van der Waals surface area contributed by atoms with E-state index in [9.17, 15) is 4.39 Å². The smallest absolute Gasteiger partial charge is 0.123 e.